The summed E-state index contributed by atoms with van der Waals surface area (Å²) in [4.78, 5) is -0.625. The Balaban J connectivity index is 3.16. The zero-order chi connectivity index (χ0) is 13.2. The summed E-state index contributed by atoms with van der Waals surface area (Å²) in [5.41, 5.74) is 5.39. The fourth-order valence-corrected chi connectivity index (χ4v) is 3.40. The summed E-state index contributed by atoms with van der Waals surface area (Å²) in [6.45, 7) is 1.56. The van der Waals surface area contributed by atoms with Crippen molar-refractivity contribution in [3.8, 4) is 0 Å². The number of hydrogen-bond donors (Lipinski definition) is 2. The van der Waals surface area contributed by atoms with Gasteiger partial charge in [0.15, 0.2) is 0 Å². The molecule has 0 fully saturated rings. The summed E-state index contributed by atoms with van der Waals surface area (Å²) in [5.74, 6) is -2.02. The third-order valence-electron chi connectivity index (χ3n) is 1.83. The minimum atomic E-state index is -4.05. The van der Waals surface area contributed by atoms with E-state index in [1.807, 2.05) is 0 Å². The Bertz CT molecular complexity index is 497. The molecule has 96 valence electrons. The molecule has 0 amide bonds. The smallest absolute Gasteiger partial charge is 0.244 e. The van der Waals surface area contributed by atoms with Crippen molar-refractivity contribution in [2.24, 2.45) is 5.73 Å². The van der Waals surface area contributed by atoms with Crippen molar-refractivity contribution >= 4 is 26.0 Å². The summed E-state index contributed by atoms with van der Waals surface area (Å²) >= 11 is 2.81. The molecule has 0 aromatic heterocycles. The van der Waals surface area contributed by atoms with Crippen LogP contribution < -0.4 is 10.5 Å². The molecule has 0 aliphatic carbocycles. The molecule has 0 aliphatic heterocycles. The van der Waals surface area contributed by atoms with Crippen LogP contribution >= 0.6 is 15.9 Å². The van der Waals surface area contributed by atoms with E-state index in [0.717, 1.165) is 6.07 Å². The normalized spacial score (nSPS) is 13.7. The second kappa shape index (κ2) is 5.38. The van der Waals surface area contributed by atoms with E-state index in [1.165, 1.54) is 0 Å². The molecule has 4 nitrogen and oxygen atoms in total. The first kappa shape index (κ1) is 14.5. The Morgan fingerprint density at radius 1 is 1.47 bits per heavy atom. The molecule has 0 bridgehead atoms. The maximum absolute atomic E-state index is 13.4. The van der Waals surface area contributed by atoms with Crippen LogP contribution in [0.1, 0.15) is 6.92 Å². The Morgan fingerprint density at radius 3 is 2.53 bits per heavy atom. The van der Waals surface area contributed by atoms with Gasteiger partial charge in [-0.1, -0.05) is 0 Å². The van der Waals surface area contributed by atoms with Gasteiger partial charge in [0.25, 0.3) is 0 Å². The van der Waals surface area contributed by atoms with E-state index < -0.39 is 32.6 Å². The van der Waals surface area contributed by atoms with Crippen molar-refractivity contribution in [1.82, 2.24) is 4.72 Å². The van der Waals surface area contributed by atoms with Crippen molar-refractivity contribution in [3.63, 3.8) is 0 Å². The van der Waals surface area contributed by atoms with Crippen molar-refractivity contribution in [1.29, 1.82) is 0 Å². The van der Waals surface area contributed by atoms with E-state index >= 15 is 0 Å². The van der Waals surface area contributed by atoms with Crippen LogP contribution in [0.5, 0.6) is 0 Å². The second-order valence-corrected chi connectivity index (χ2v) is 6.09. The fourth-order valence-electron chi connectivity index (χ4n) is 1.10. The lowest BCUT2D eigenvalue weighted by atomic mass is 10.3. The molecule has 0 aliphatic rings. The van der Waals surface area contributed by atoms with Gasteiger partial charge in [0, 0.05) is 23.1 Å². The summed E-state index contributed by atoms with van der Waals surface area (Å²) in [6, 6.07) is 0.974. The zero-order valence-electron chi connectivity index (χ0n) is 8.88. The van der Waals surface area contributed by atoms with E-state index in [9.17, 15) is 17.2 Å². The molecule has 1 aromatic rings. The Morgan fingerprint density at radius 2 is 2.06 bits per heavy atom. The molecule has 1 aromatic carbocycles. The molecule has 3 N–H and O–H groups in total. The van der Waals surface area contributed by atoms with Gasteiger partial charge < -0.3 is 5.73 Å². The lowest BCUT2D eigenvalue weighted by Crippen LogP contribution is -2.35. The largest absolute Gasteiger partial charge is 0.327 e. The van der Waals surface area contributed by atoms with Crippen LogP contribution in [0, 0.1) is 11.6 Å². The van der Waals surface area contributed by atoms with Crippen molar-refractivity contribution in [2.75, 3.05) is 6.54 Å². The maximum Gasteiger partial charge on any atom is 0.244 e. The summed E-state index contributed by atoms with van der Waals surface area (Å²) in [7, 11) is -4.05. The van der Waals surface area contributed by atoms with E-state index in [1.54, 1.807) is 6.92 Å². The first-order valence-electron chi connectivity index (χ1n) is 4.64. The molecule has 1 atom stereocenters. The molecule has 0 spiro atoms. The van der Waals surface area contributed by atoms with Crippen molar-refractivity contribution in [2.45, 2.75) is 17.9 Å². The summed E-state index contributed by atoms with van der Waals surface area (Å²) < 4.78 is 51.6. The van der Waals surface area contributed by atoms with Crippen molar-refractivity contribution in [3.05, 3.63) is 28.2 Å². The third-order valence-corrected chi connectivity index (χ3v) is 4.21. The minimum Gasteiger partial charge on any atom is -0.327 e. The monoisotopic (exact) mass is 328 g/mol. The van der Waals surface area contributed by atoms with Crippen LogP contribution in [0.25, 0.3) is 0 Å². The van der Waals surface area contributed by atoms with Crippen LogP contribution in [0.4, 0.5) is 8.78 Å². The SMILES string of the molecule is CC(N)CNS(=O)(=O)c1c(F)cc(F)cc1Br. The predicted molar refractivity (Wildman–Crippen MR) is 62.9 cm³/mol. The highest BCUT2D eigenvalue weighted by Crippen LogP contribution is 2.25. The number of halogens is 3. The Labute approximate surface area is 106 Å². The van der Waals surface area contributed by atoms with Gasteiger partial charge in [-0.3, -0.25) is 0 Å². The van der Waals surface area contributed by atoms with Gasteiger partial charge in [-0.2, -0.15) is 0 Å². The lowest BCUT2D eigenvalue weighted by Gasteiger charge is -2.11. The van der Waals surface area contributed by atoms with Crippen LogP contribution in [-0.4, -0.2) is 21.0 Å². The van der Waals surface area contributed by atoms with Crippen LogP contribution in [0.15, 0.2) is 21.5 Å². The number of nitrogens with two attached hydrogens (primary N) is 1. The number of hydrogen-bond acceptors (Lipinski definition) is 3. The summed E-state index contributed by atoms with van der Waals surface area (Å²) in [6.07, 6.45) is 0. The van der Waals surface area contributed by atoms with E-state index in [2.05, 4.69) is 20.7 Å². The maximum atomic E-state index is 13.4. The van der Waals surface area contributed by atoms with Gasteiger partial charge in [-0.15, -0.1) is 0 Å². The van der Waals surface area contributed by atoms with Gasteiger partial charge in [-0.05, 0) is 28.9 Å². The molecule has 0 radical (unpaired) electrons. The predicted octanol–water partition coefficient (Wildman–Crippen LogP) is 1.35. The molecular formula is C9H11BrF2N2O2S. The van der Waals surface area contributed by atoms with E-state index in [4.69, 9.17) is 5.73 Å². The van der Waals surface area contributed by atoms with Gasteiger partial charge in [0.2, 0.25) is 10.0 Å². The quantitative estimate of drug-likeness (QED) is 0.876. The van der Waals surface area contributed by atoms with E-state index in [-0.39, 0.29) is 11.0 Å². The highest BCUT2D eigenvalue weighted by Gasteiger charge is 2.23. The topological polar surface area (TPSA) is 72.2 Å². The number of benzene rings is 1. The number of sulfonamides is 1. The third kappa shape index (κ3) is 3.70. The highest BCUT2D eigenvalue weighted by atomic mass is 79.9. The molecule has 1 unspecified atom stereocenters. The van der Waals surface area contributed by atoms with Gasteiger partial charge >= 0.3 is 0 Å². The molecule has 1 rings (SSSR count). The van der Waals surface area contributed by atoms with Crippen molar-refractivity contribution < 1.29 is 17.2 Å². The summed E-state index contributed by atoms with van der Waals surface area (Å²) in [5, 5.41) is 0. The molecule has 17 heavy (non-hydrogen) atoms. The molecule has 0 saturated heterocycles. The molecule has 8 heteroatoms. The van der Waals surface area contributed by atoms with Gasteiger partial charge in [-0.25, -0.2) is 21.9 Å². The molecular weight excluding hydrogens is 318 g/mol. The van der Waals surface area contributed by atoms with E-state index in [0.29, 0.717) is 6.07 Å². The molecule has 0 heterocycles. The fraction of sp³-hybridized carbons (Fsp3) is 0.333. The van der Waals surface area contributed by atoms with Gasteiger partial charge in [0.05, 0.1) is 0 Å². The highest BCUT2D eigenvalue weighted by molar-refractivity contribution is 9.10. The zero-order valence-corrected chi connectivity index (χ0v) is 11.3. The van der Waals surface area contributed by atoms with Crippen LogP contribution in [-0.2, 0) is 10.0 Å². The first-order valence-corrected chi connectivity index (χ1v) is 6.91. The lowest BCUT2D eigenvalue weighted by molar-refractivity contribution is 0.538. The Hall–Kier alpha value is -0.570. The molecule has 0 saturated carbocycles. The van der Waals surface area contributed by atoms with Crippen LogP contribution in [0.3, 0.4) is 0 Å². The Kier molecular flexibility index (Phi) is 4.59. The average Bonchev–Trinajstić information content (AvgIpc) is 2.12. The standard InChI is InChI=1S/C9H11BrF2N2O2S/c1-5(13)4-14-17(15,16)9-7(10)2-6(11)3-8(9)12/h2-3,5,14H,4,13H2,1H3. The first-order chi connectivity index (χ1) is 7.74. The minimum absolute atomic E-state index is 0.0361. The number of rotatable bonds is 4. The van der Waals surface area contributed by atoms with Gasteiger partial charge in [0.1, 0.15) is 16.5 Å². The number of nitrogens with one attached hydrogen (secondary N) is 1. The van der Waals surface area contributed by atoms with Crippen LogP contribution in [0.2, 0.25) is 0 Å². The second-order valence-electron chi connectivity index (χ2n) is 3.53. The average molecular weight is 329 g/mol.